The molecular weight excluding hydrogens is 480 g/mol. The van der Waals surface area contributed by atoms with Gasteiger partial charge < -0.3 is 34.6 Å². The van der Waals surface area contributed by atoms with Crippen molar-refractivity contribution in [2.24, 2.45) is 0 Å². The van der Waals surface area contributed by atoms with Crippen molar-refractivity contribution in [3.63, 3.8) is 0 Å². The minimum absolute atomic E-state index is 0.0287. The van der Waals surface area contributed by atoms with Crippen LogP contribution in [-0.4, -0.2) is 91.5 Å². The second-order valence-electron chi connectivity index (χ2n) is 9.21. The summed E-state index contributed by atoms with van der Waals surface area (Å²) in [6, 6.07) is 2.27. The van der Waals surface area contributed by atoms with E-state index in [0.29, 0.717) is 48.5 Å². The Labute approximate surface area is 216 Å². The van der Waals surface area contributed by atoms with Gasteiger partial charge in [-0.1, -0.05) is 5.57 Å². The number of benzene rings is 1. The molecule has 0 bridgehead atoms. The van der Waals surface area contributed by atoms with Crippen molar-refractivity contribution >= 4 is 18.1 Å². The Morgan fingerprint density at radius 1 is 1.27 bits per heavy atom. The Morgan fingerprint density at radius 3 is 2.65 bits per heavy atom. The highest BCUT2D eigenvalue weighted by atomic mass is 16.5. The van der Waals surface area contributed by atoms with Crippen LogP contribution in [-0.2, 0) is 14.3 Å². The molecule has 1 heterocycles. The zero-order chi connectivity index (χ0) is 27.1. The van der Waals surface area contributed by atoms with Gasteiger partial charge in [-0.2, -0.15) is 0 Å². The average Bonchev–Trinajstić information content (AvgIpc) is 3.27. The van der Waals surface area contributed by atoms with Crippen LogP contribution in [0.25, 0.3) is 0 Å². The number of nitrogens with zero attached hydrogens (tertiary/aromatic N) is 1. The molecule has 10 nitrogen and oxygen atoms in total. The van der Waals surface area contributed by atoms with E-state index in [1.165, 1.54) is 24.2 Å². The molecule has 0 radical (unpaired) electrons. The number of fused-ring (bicyclic) bond motifs is 3. The number of aliphatic hydroxyl groups excluding tert-OH is 2. The fourth-order valence-electron chi connectivity index (χ4n) is 4.78. The van der Waals surface area contributed by atoms with Crippen LogP contribution >= 0.6 is 0 Å². The Hall–Kier alpha value is -3.21. The molecule has 3 N–H and O–H groups in total. The first-order valence-corrected chi connectivity index (χ1v) is 12.4. The predicted molar refractivity (Wildman–Crippen MR) is 136 cm³/mol. The third-order valence-electron chi connectivity index (χ3n) is 6.36. The maximum absolute atomic E-state index is 13.3. The second-order valence-corrected chi connectivity index (χ2v) is 9.21. The van der Waals surface area contributed by atoms with Crippen LogP contribution in [0, 0.1) is 0 Å². The van der Waals surface area contributed by atoms with Gasteiger partial charge in [0.1, 0.15) is 18.5 Å². The number of aliphatic hydroxyl groups is 2. The third kappa shape index (κ3) is 6.20. The maximum atomic E-state index is 13.3. The zero-order valence-electron chi connectivity index (χ0n) is 21.7. The van der Waals surface area contributed by atoms with Gasteiger partial charge in [-0.25, -0.2) is 0 Å². The highest BCUT2D eigenvalue weighted by Crippen LogP contribution is 2.51. The van der Waals surface area contributed by atoms with Crippen molar-refractivity contribution in [2.45, 2.75) is 51.4 Å². The van der Waals surface area contributed by atoms with Gasteiger partial charge in [-0.15, -0.1) is 0 Å². The van der Waals surface area contributed by atoms with Crippen molar-refractivity contribution in [1.29, 1.82) is 0 Å². The molecular formula is C27H36N2O8. The number of allylic oxidation sites excluding steroid dienone is 1. The SMILES string of the molecule is CCOCCCN(C(=O)C=C(C)C)[C@@H]1C=C(C(=O)NCCO)[C@@H]2c3cc(C=O)cc(OC)c3O[C@@H]2[C@H]1O. The summed E-state index contributed by atoms with van der Waals surface area (Å²) in [5.41, 5.74) is 1.94. The molecule has 0 saturated heterocycles. The summed E-state index contributed by atoms with van der Waals surface area (Å²) in [6.07, 6.45) is 2.19. The van der Waals surface area contributed by atoms with E-state index in [2.05, 4.69) is 5.32 Å². The second kappa shape index (κ2) is 12.8. The van der Waals surface area contributed by atoms with E-state index in [-0.39, 0.29) is 31.2 Å². The Kier molecular flexibility index (Phi) is 9.85. The standard InChI is InChI=1S/C27H36N2O8/c1-5-36-10-6-8-29(22(32)11-16(2)3)20-14-19(27(34)28-7-9-30)23-18-12-17(15-31)13-21(35-4)25(18)37-26(23)24(20)33/h11-15,20,23-24,26,30,33H,5-10H2,1-4H3,(H,28,34)/t20-,23+,24+,26+/m1/s1. The lowest BCUT2D eigenvalue weighted by atomic mass is 9.77. The topological polar surface area (TPSA) is 135 Å². The molecule has 37 heavy (non-hydrogen) atoms. The minimum atomic E-state index is -1.18. The quantitative estimate of drug-likeness (QED) is 0.215. The molecule has 0 unspecified atom stereocenters. The highest BCUT2D eigenvalue weighted by Gasteiger charge is 2.51. The molecule has 1 aliphatic heterocycles. The van der Waals surface area contributed by atoms with Gasteiger partial charge >= 0.3 is 0 Å². The maximum Gasteiger partial charge on any atom is 0.247 e. The summed E-state index contributed by atoms with van der Waals surface area (Å²) in [4.78, 5) is 39.6. The van der Waals surface area contributed by atoms with E-state index in [1.54, 1.807) is 26.0 Å². The van der Waals surface area contributed by atoms with E-state index in [1.807, 2.05) is 6.92 Å². The van der Waals surface area contributed by atoms with E-state index in [0.717, 1.165) is 5.57 Å². The Balaban J connectivity index is 2.10. The van der Waals surface area contributed by atoms with Crippen molar-refractivity contribution in [2.75, 3.05) is 40.0 Å². The highest BCUT2D eigenvalue weighted by molar-refractivity contribution is 5.97. The number of hydrogen-bond acceptors (Lipinski definition) is 8. The fourth-order valence-corrected chi connectivity index (χ4v) is 4.78. The van der Waals surface area contributed by atoms with Gasteiger partial charge in [0, 0.05) is 49.1 Å². The van der Waals surface area contributed by atoms with Crippen LogP contribution in [0.4, 0.5) is 0 Å². The molecule has 0 aromatic heterocycles. The normalized spacial score (nSPS) is 21.6. The number of nitrogens with one attached hydrogen (secondary N) is 1. The van der Waals surface area contributed by atoms with Gasteiger partial charge in [0.25, 0.3) is 0 Å². The summed E-state index contributed by atoms with van der Waals surface area (Å²) >= 11 is 0. The zero-order valence-corrected chi connectivity index (χ0v) is 21.7. The predicted octanol–water partition coefficient (Wildman–Crippen LogP) is 1.35. The molecule has 1 aromatic rings. The number of hydrogen-bond donors (Lipinski definition) is 3. The number of ether oxygens (including phenoxy) is 3. The van der Waals surface area contributed by atoms with Crippen LogP contribution in [0.15, 0.2) is 35.4 Å². The number of aldehydes is 1. The first-order chi connectivity index (χ1) is 17.8. The van der Waals surface area contributed by atoms with Crippen LogP contribution < -0.4 is 14.8 Å². The van der Waals surface area contributed by atoms with E-state index in [4.69, 9.17) is 14.2 Å². The lowest BCUT2D eigenvalue weighted by molar-refractivity contribution is -0.132. The first-order valence-electron chi connectivity index (χ1n) is 12.4. The Morgan fingerprint density at radius 2 is 2.03 bits per heavy atom. The van der Waals surface area contributed by atoms with Crippen molar-refractivity contribution < 1.29 is 38.8 Å². The molecule has 0 spiro atoms. The van der Waals surface area contributed by atoms with Crippen molar-refractivity contribution in [3.05, 3.63) is 46.6 Å². The summed E-state index contributed by atoms with van der Waals surface area (Å²) in [5.74, 6) is -0.833. The Bertz CT molecular complexity index is 1060. The fraction of sp³-hybridized carbons (Fsp3) is 0.519. The van der Waals surface area contributed by atoms with E-state index < -0.39 is 30.1 Å². The average molecular weight is 517 g/mol. The summed E-state index contributed by atoms with van der Waals surface area (Å²) in [7, 11) is 1.44. The molecule has 2 amide bonds. The summed E-state index contributed by atoms with van der Waals surface area (Å²) < 4.78 is 17.0. The minimum Gasteiger partial charge on any atom is -0.493 e. The molecule has 2 aliphatic rings. The molecule has 10 heteroatoms. The van der Waals surface area contributed by atoms with E-state index >= 15 is 0 Å². The molecule has 0 fully saturated rings. The third-order valence-corrected chi connectivity index (χ3v) is 6.36. The van der Waals surface area contributed by atoms with Gasteiger partial charge in [-0.3, -0.25) is 14.4 Å². The first kappa shape index (κ1) is 28.4. The van der Waals surface area contributed by atoms with Crippen LogP contribution in [0.3, 0.4) is 0 Å². The van der Waals surface area contributed by atoms with Crippen LogP contribution in [0.1, 0.15) is 49.0 Å². The smallest absolute Gasteiger partial charge is 0.247 e. The number of carbonyl (C=O) groups excluding carboxylic acids is 3. The number of carbonyl (C=O) groups is 3. The largest absolute Gasteiger partial charge is 0.493 e. The van der Waals surface area contributed by atoms with Gasteiger partial charge in [0.2, 0.25) is 11.8 Å². The van der Waals surface area contributed by atoms with E-state index in [9.17, 15) is 24.6 Å². The van der Waals surface area contributed by atoms with Crippen LogP contribution in [0.5, 0.6) is 11.5 Å². The van der Waals surface area contributed by atoms with Gasteiger partial charge in [0.15, 0.2) is 11.5 Å². The molecule has 202 valence electrons. The lowest BCUT2D eigenvalue weighted by Gasteiger charge is -2.40. The van der Waals surface area contributed by atoms with Crippen molar-refractivity contribution in [1.82, 2.24) is 10.2 Å². The van der Waals surface area contributed by atoms with Crippen LogP contribution in [0.2, 0.25) is 0 Å². The number of rotatable bonds is 12. The lowest BCUT2D eigenvalue weighted by Crippen LogP contribution is -2.55. The number of amides is 2. The summed E-state index contributed by atoms with van der Waals surface area (Å²) in [5, 5.41) is 23.5. The summed E-state index contributed by atoms with van der Waals surface area (Å²) in [6.45, 7) is 6.54. The number of methoxy groups -OCH3 is 1. The molecule has 1 aromatic carbocycles. The van der Waals surface area contributed by atoms with Gasteiger partial charge in [-0.05, 0) is 45.4 Å². The molecule has 4 atom stereocenters. The van der Waals surface area contributed by atoms with Crippen molar-refractivity contribution in [3.8, 4) is 11.5 Å². The molecule has 0 saturated carbocycles. The molecule has 3 rings (SSSR count). The monoisotopic (exact) mass is 516 g/mol. The van der Waals surface area contributed by atoms with Gasteiger partial charge in [0.05, 0.1) is 25.7 Å². The molecule has 1 aliphatic carbocycles.